The standard InChI is InChI=1S/C17H28FN3/c1-12-10-16(14(13(2)19)11-15(12)18)20-6-8-21(9-7-20)17(3,4)5/h10-11,13H,6-9,19H2,1-5H3/t13-/m1/s1. The molecule has 118 valence electrons. The van der Waals surface area contributed by atoms with E-state index < -0.39 is 0 Å². The third-order valence-corrected chi connectivity index (χ3v) is 4.37. The van der Waals surface area contributed by atoms with E-state index in [2.05, 4.69) is 30.6 Å². The lowest BCUT2D eigenvalue weighted by Gasteiger charge is -2.43. The summed E-state index contributed by atoms with van der Waals surface area (Å²) in [5.74, 6) is -0.167. The summed E-state index contributed by atoms with van der Waals surface area (Å²) in [6.07, 6.45) is 0. The second-order valence-electron chi connectivity index (χ2n) is 7.09. The first kappa shape index (κ1) is 16.2. The molecule has 0 spiro atoms. The fourth-order valence-electron chi connectivity index (χ4n) is 2.94. The van der Waals surface area contributed by atoms with Gasteiger partial charge in [-0.15, -0.1) is 0 Å². The predicted octanol–water partition coefficient (Wildman–Crippen LogP) is 3.07. The van der Waals surface area contributed by atoms with Crippen molar-refractivity contribution in [1.82, 2.24) is 4.90 Å². The molecule has 0 aliphatic carbocycles. The Morgan fingerprint density at radius 3 is 2.19 bits per heavy atom. The second kappa shape index (κ2) is 5.93. The summed E-state index contributed by atoms with van der Waals surface area (Å²) in [5, 5.41) is 0. The van der Waals surface area contributed by atoms with E-state index in [4.69, 9.17) is 5.73 Å². The van der Waals surface area contributed by atoms with Crippen LogP contribution in [0.4, 0.5) is 10.1 Å². The molecule has 1 heterocycles. The third kappa shape index (κ3) is 3.55. The average molecular weight is 293 g/mol. The number of halogens is 1. The van der Waals surface area contributed by atoms with Crippen molar-refractivity contribution in [2.75, 3.05) is 31.1 Å². The van der Waals surface area contributed by atoms with Crippen LogP contribution >= 0.6 is 0 Å². The summed E-state index contributed by atoms with van der Waals surface area (Å²) in [4.78, 5) is 4.83. The monoisotopic (exact) mass is 293 g/mol. The van der Waals surface area contributed by atoms with Crippen molar-refractivity contribution in [2.24, 2.45) is 5.73 Å². The minimum absolute atomic E-state index is 0.157. The van der Waals surface area contributed by atoms with E-state index in [0.717, 1.165) is 37.4 Å². The molecule has 1 aromatic carbocycles. The molecule has 2 rings (SSSR count). The van der Waals surface area contributed by atoms with Gasteiger partial charge in [-0.3, -0.25) is 4.90 Å². The van der Waals surface area contributed by atoms with Gasteiger partial charge in [0.25, 0.3) is 0 Å². The van der Waals surface area contributed by atoms with Crippen molar-refractivity contribution < 1.29 is 4.39 Å². The summed E-state index contributed by atoms with van der Waals surface area (Å²) >= 11 is 0. The number of piperazine rings is 1. The van der Waals surface area contributed by atoms with Crippen LogP contribution in [0.2, 0.25) is 0 Å². The Kier molecular flexibility index (Phi) is 4.59. The molecule has 4 heteroatoms. The first-order chi connectivity index (χ1) is 9.70. The molecule has 0 aromatic heterocycles. The summed E-state index contributed by atoms with van der Waals surface area (Å²) in [6, 6.07) is 3.39. The van der Waals surface area contributed by atoms with Crippen molar-refractivity contribution in [3.63, 3.8) is 0 Å². The van der Waals surface area contributed by atoms with E-state index in [1.807, 2.05) is 19.9 Å². The number of nitrogens with two attached hydrogens (primary N) is 1. The van der Waals surface area contributed by atoms with Crippen LogP contribution < -0.4 is 10.6 Å². The van der Waals surface area contributed by atoms with Gasteiger partial charge in [0, 0.05) is 43.4 Å². The molecule has 0 radical (unpaired) electrons. The molecule has 21 heavy (non-hydrogen) atoms. The highest BCUT2D eigenvalue weighted by molar-refractivity contribution is 5.57. The Hall–Kier alpha value is -1.13. The Morgan fingerprint density at radius 2 is 1.71 bits per heavy atom. The molecule has 0 unspecified atom stereocenters. The van der Waals surface area contributed by atoms with Crippen LogP contribution in [-0.4, -0.2) is 36.6 Å². The summed E-state index contributed by atoms with van der Waals surface area (Å²) in [5.41, 5.74) is 8.92. The maximum absolute atomic E-state index is 13.8. The zero-order valence-electron chi connectivity index (χ0n) is 13.9. The second-order valence-corrected chi connectivity index (χ2v) is 7.09. The lowest BCUT2D eigenvalue weighted by atomic mass is 10.0. The third-order valence-electron chi connectivity index (χ3n) is 4.37. The molecule has 0 saturated carbocycles. The fraction of sp³-hybridized carbons (Fsp3) is 0.647. The zero-order chi connectivity index (χ0) is 15.8. The van der Waals surface area contributed by atoms with Gasteiger partial charge in [-0.05, 0) is 57.9 Å². The number of hydrogen-bond donors (Lipinski definition) is 1. The van der Waals surface area contributed by atoms with E-state index in [1.54, 1.807) is 6.07 Å². The van der Waals surface area contributed by atoms with Crippen LogP contribution in [0.5, 0.6) is 0 Å². The van der Waals surface area contributed by atoms with Crippen molar-refractivity contribution in [2.45, 2.75) is 46.2 Å². The molecule has 1 aliphatic rings. The van der Waals surface area contributed by atoms with E-state index >= 15 is 0 Å². The SMILES string of the molecule is Cc1cc(N2CCN(C(C)(C)C)CC2)c([C@@H](C)N)cc1F. The van der Waals surface area contributed by atoms with Crippen LogP contribution in [0, 0.1) is 12.7 Å². The minimum Gasteiger partial charge on any atom is -0.369 e. The van der Waals surface area contributed by atoms with E-state index in [1.165, 1.54) is 0 Å². The smallest absolute Gasteiger partial charge is 0.126 e. The average Bonchev–Trinajstić information content (AvgIpc) is 2.40. The molecule has 3 nitrogen and oxygen atoms in total. The highest BCUT2D eigenvalue weighted by atomic mass is 19.1. The van der Waals surface area contributed by atoms with Gasteiger partial charge in [0.2, 0.25) is 0 Å². The van der Waals surface area contributed by atoms with Crippen LogP contribution in [0.3, 0.4) is 0 Å². The molecule has 1 aliphatic heterocycles. The van der Waals surface area contributed by atoms with Gasteiger partial charge < -0.3 is 10.6 Å². The van der Waals surface area contributed by atoms with Crippen LogP contribution in [0.15, 0.2) is 12.1 Å². The van der Waals surface area contributed by atoms with Crippen molar-refractivity contribution >= 4 is 5.69 Å². The molecule has 1 fully saturated rings. The van der Waals surface area contributed by atoms with Crippen molar-refractivity contribution in [3.05, 3.63) is 29.1 Å². The number of nitrogens with zero attached hydrogens (tertiary/aromatic N) is 2. The fourth-order valence-corrected chi connectivity index (χ4v) is 2.94. The van der Waals surface area contributed by atoms with Gasteiger partial charge in [-0.2, -0.15) is 0 Å². The summed E-state index contributed by atoms with van der Waals surface area (Å²) in [7, 11) is 0. The Morgan fingerprint density at radius 1 is 1.14 bits per heavy atom. The Bertz CT molecular complexity index is 497. The molecule has 1 aromatic rings. The molecule has 0 amide bonds. The lowest BCUT2D eigenvalue weighted by molar-refractivity contribution is 0.128. The molecule has 2 N–H and O–H groups in total. The molecular weight excluding hydrogens is 265 g/mol. The lowest BCUT2D eigenvalue weighted by Crippen LogP contribution is -2.53. The first-order valence-corrected chi connectivity index (χ1v) is 7.76. The van der Waals surface area contributed by atoms with Crippen molar-refractivity contribution in [3.8, 4) is 0 Å². The highest BCUT2D eigenvalue weighted by Crippen LogP contribution is 2.30. The minimum atomic E-state index is -0.167. The van der Waals surface area contributed by atoms with Crippen LogP contribution in [-0.2, 0) is 0 Å². The number of benzene rings is 1. The predicted molar refractivity (Wildman–Crippen MR) is 87.3 cm³/mol. The maximum Gasteiger partial charge on any atom is 0.126 e. The Balaban J connectivity index is 2.22. The van der Waals surface area contributed by atoms with Gasteiger partial charge in [0.05, 0.1) is 0 Å². The molecular formula is C17H28FN3. The van der Waals surface area contributed by atoms with Crippen LogP contribution in [0.1, 0.15) is 44.9 Å². The van der Waals surface area contributed by atoms with E-state index in [-0.39, 0.29) is 17.4 Å². The van der Waals surface area contributed by atoms with Crippen LogP contribution in [0.25, 0.3) is 0 Å². The van der Waals surface area contributed by atoms with Crippen molar-refractivity contribution in [1.29, 1.82) is 0 Å². The molecule has 1 saturated heterocycles. The number of hydrogen-bond acceptors (Lipinski definition) is 3. The quantitative estimate of drug-likeness (QED) is 0.909. The molecule has 0 bridgehead atoms. The summed E-state index contributed by atoms with van der Waals surface area (Å²) in [6.45, 7) is 14.4. The number of anilines is 1. The summed E-state index contributed by atoms with van der Waals surface area (Å²) < 4.78 is 13.8. The first-order valence-electron chi connectivity index (χ1n) is 7.76. The van der Waals surface area contributed by atoms with E-state index in [9.17, 15) is 4.39 Å². The van der Waals surface area contributed by atoms with Gasteiger partial charge in [0.15, 0.2) is 0 Å². The maximum atomic E-state index is 13.8. The van der Waals surface area contributed by atoms with Gasteiger partial charge in [-0.25, -0.2) is 4.39 Å². The van der Waals surface area contributed by atoms with E-state index in [0.29, 0.717) is 5.56 Å². The zero-order valence-corrected chi connectivity index (χ0v) is 13.9. The topological polar surface area (TPSA) is 32.5 Å². The Labute approximate surface area is 127 Å². The highest BCUT2D eigenvalue weighted by Gasteiger charge is 2.27. The largest absolute Gasteiger partial charge is 0.369 e. The molecule has 1 atom stereocenters. The number of aryl methyl sites for hydroxylation is 1. The van der Waals surface area contributed by atoms with Gasteiger partial charge >= 0.3 is 0 Å². The van der Waals surface area contributed by atoms with Gasteiger partial charge in [0.1, 0.15) is 5.82 Å². The number of rotatable bonds is 2. The van der Waals surface area contributed by atoms with Gasteiger partial charge in [-0.1, -0.05) is 0 Å². The normalized spacial score (nSPS) is 18.9.